The highest BCUT2D eigenvalue weighted by Crippen LogP contribution is 2.28. The van der Waals surface area contributed by atoms with Gasteiger partial charge in [-0.25, -0.2) is 0 Å². The van der Waals surface area contributed by atoms with Gasteiger partial charge in [0.2, 0.25) is 15.6 Å². The van der Waals surface area contributed by atoms with Crippen LogP contribution < -0.4 is 15.6 Å². The fourth-order valence-electron chi connectivity index (χ4n) is 2.35. The molecule has 0 radical (unpaired) electrons. The molecule has 152 valence electrons. The lowest BCUT2D eigenvalue weighted by Gasteiger charge is -2.13. The van der Waals surface area contributed by atoms with Gasteiger partial charge in [0, 0.05) is 48.5 Å². The number of anilines is 1. The van der Waals surface area contributed by atoms with Crippen LogP contribution in [0.3, 0.4) is 0 Å². The maximum Gasteiger partial charge on any atom is 0.246 e. The van der Waals surface area contributed by atoms with Crippen molar-refractivity contribution in [3.05, 3.63) is 28.2 Å². The molecule has 0 unspecified atom stereocenters. The first kappa shape index (κ1) is 22.9. The number of hydrazone groups is 1. The smallest absolute Gasteiger partial charge is 0.246 e. The summed E-state index contributed by atoms with van der Waals surface area (Å²) in [6.07, 6.45) is 1.33. The minimum Gasteiger partial charge on any atom is -0.363 e. The van der Waals surface area contributed by atoms with E-state index in [1.54, 1.807) is 39.7 Å². The van der Waals surface area contributed by atoms with Crippen LogP contribution in [0.5, 0.6) is 0 Å². The van der Waals surface area contributed by atoms with Crippen molar-refractivity contribution in [3.8, 4) is 0 Å². The van der Waals surface area contributed by atoms with Crippen LogP contribution in [-0.4, -0.2) is 47.7 Å². The summed E-state index contributed by atoms with van der Waals surface area (Å²) in [6.45, 7) is 0.694. The Kier molecular flexibility index (Phi) is 9.42. The average Bonchev–Trinajstić information content (AvgIpc) is 3.09. The highest BCUT2D eigenvalue weighted by atomic mass is 127. The molecule has 0 atom stereocenters. The van der Waals surface area contributed by atoms with Crippen LogP contribution in [0.4, 0.5) is 5.69 Å². The van der Waals surface area contributed by atoms with Gasteiger partial charge in [-0.1, -0.05) is 23.2 Å². The molecule has 0 saturated carbocycles. The van der Waals surface area contributed by atoms with Crippen molar-refractivity contribution in [2.24, 2.45) is 5.10 Å². The predicted octanol–water partition coefficient (Wildman–Crippen LogP) is 2.51. The SMILES string of the molecule is O=C(I)COCC(=O)NCCCC(=O)NC1=NN(c2ccc(Cl)c(Cl)c2)CC1. The van der Waals surface area contributed by atoms with E-state index in [-0.39, 0.29) is 35.2 Å². The molecule has 0 spiro atoms. The zero-order valence-electron chi connectivity index (χ0n) is 14.8. The Morgan fingerprint density at radius 1 is 1.18 bits per heavy atom. The molecule has 0 fully saturated rings. The number of amidine groups is 1. The first-order chi connectivity index (χ1) is 13.3. The third kappa shape index (κ3) is 7.90. The lowest BCUT2D eigenvalue weighted by Crippen LogP contribution is -2.32. The van der Waals surface area contributed by atoms with Gasteiger partial charge in [-0.05, 0) is 24.6 Å². The standard InChI is InChI=1S/C17H19Cl2IN4O4/c18-12-4-3-11(8-13(12)19)24-7-5-15(23-24)22-16(26)2-1-6-21-17(27)10-28-9-14(20)25/h3-4,8H,1-2,5-7,9-10H2,(H,21,27)(H,22,23,26). The van der Waals surface area contributed by atoms with Crippen LogP contribution >= 0.6 is 45.8 Å². The van der Waals surface area contributed by atoms with E-state index in [1.165, 1.54) is 0 Å². The molecular formula is C17H19Cl2IN4O4. The molecule has 2 amide bonds. The second kappa shape index (κ2) is 11.5. The average molecular weight is 541 g/mol. The van der Waals surface area contributed by atoms with E-state index in [0.29, 0.717) is 41.8 Å². The number of carbonyl (C=O) groups is 3. The van der Waals surface area contributed by atoms with E-state index < -0.39 is 0 Å². The first-order valence-corrected chi connectivity index (χ1v) is 10.3. The van der Waals surface area contributed by atoms with Gasteiger partial charge in [-0.2, -0.15) is 5.10 Å². The van der Waals surface area contributed by atoms with E-state index in [4.69, 9.17) is 27.9 Å². The third-order valence-corrected chi connectivity index (χ3v) is 4.69. The molecule has 1 aliphatic rings. The van der Waals surface area contributed by atoms with Crippen molar-refractivity contribution in [1.82, 2.24) is 10.6 Å². The van der Waals surface area contributed by atoms with Gasteiger partial charge in [0.15, 0.2) is 0 Å². The predicted molar refractivity (Wildman–Crippen MR) is 116 cm³/mol. The summed E-state index contributed by atoms with van der Waals surface area (Å²) in [7, 11) is 0. The number of carbonyl (C=O) groups excluding carboxylic acids is 3. The van der Waals surface area contributed by atoms with Crippen molar-refractivity contribution in [1.29, 1.82) is 0 Å². The molecule has 11 heteroatoms. The van der Waals surface area contributed by atoms with Crippen molar-refractivity contribution in [3.63, 3.8) is 0 Å². The Balaban J connectivity index is 1.67. The summed E-state index contributed by atoms with van der Waals surface area (Å²) in [5.41, 5.74) is 0.799. The zero-order chi connectivity index (χ0) is 20.5. The second-order valence-corrected chi connectivity index (χ2v) is 7.89. The molecule has 1 heterocycles. The Hall–Kier alpha value is -1.43. The van der Waals surface area contributed by atoms with Gasteiger partial charge < -0.3 is 15.4 Å². The van der Waals surface area contributed by atoms with Crippen LogP contribution in [0.15, 0.2) is 23.3 Å². The summed E-state index contributed by atoms with van der Waals surface area (Å²) in [5.74, 6) is 0.0863. The van der Waals surface area contributed by atoms with Gasteiger partial charge in [0.1, 0.15) is 19.0 Å². The fourth-order valence-corrected chi connectivity index (χ4v) is 2.87. The molecule has 8 nitrogen and oxygen atoms in total. The van der Waals surface area contributed by atoms with Crippen LogP contribution in [0, 0.1) is 0 Å². The molecular weight excluding hydrogens is 522 g/mol. The number of hydrogen-bond donors (Lipinski definition) is 2. The van der Waals surface area contributed by atoms with Crippen molar-refractivity contribution in [2.45, 2.75) is 19.3 Å². The highest BCUT2D eigenvalue weighted by Gasteiger charge is 2.18. The maximum absolute atomic E-state index is 12.0. The summed E-state index contributed by atoms with van der Waals surface area (Å²) < 4.78 is 4.73. The summed E-state index contributed by atoms with van der Waals surface area (Å²) in [4.78, 5) is 34.2. The number of benzene rings is 1. The number of hydrogen-bond acceptors (Lipinski definition) is 6. The molecule has 1 aliphatic heterocycles. The molecule has 0 aromatic heterocycles. The van der Waals surface area contributed by atoms with Crippen LogP contribution in [-0.2, 0) is 19.1 Å². The van der Waals surface area contributed by atoms with Gasteiger partial charge in [0.25, 0.3) is 0 Å². The van der Waals surface area contributed by atoms with Crippen molar-refractivity contribution >= 4 is 72.9 Å². The molecule has 2 rings (SSSR count). The van der Waals surface area contributed by atoms with Crippen LogP contribution in [0.25, 0.3) is 0 Å². The summed E-state index contributed by atoms with van der Waals surface area (Å²) in [5, 5.41) is 12.4. The lowest BCUT2D eigenvalue weighted by molar-refractivity contribution is -0.127. The number of amides is 2. The Morgan fingerprint density at radius 3 is 2.68 bits per heavy atom. The van der Waals surface area contributed by atoms with Gasteiger partial charge in [0.05, 0.1) is 15.7 Å². The van der Waals surface area contributed by atoms with E-state index >= 15 is 0 Å². The molecule has 1 aromatic rings. The molecule has 2 N–H and O–H groups in total. The Labute approximate surface area is 186 Å². The second-order valence-electron chi connectivity index (χ2n) is 5.87. The first-order valence-electron chi connectivity index (χ1n) is 8.48. The van der Waals surface area contributed by atoms with E-state index in [2.05, 4.69) is 15.7 Å². The number of halogens is 3. The fraction of sp³-hybridized carbons (Fsp3) is 0.412. The van der Waals surface area contributed by atoms with Gasteiger partial charge in [-0.3, -0.25) is 19.4 Å². The molecule has 0 saturated heterocycles. The minimum atomic E-state index is -0.324. The number of ether oxygens (including phenoxy) is 1. The molecule has 0 aliphatic carbocycles. The lowest BCUT2D eigenvalue weighted by atomic mass is 10.3. The topological polar surface area (TPSA) is 100 Å². The Bertz CT molecular complexity index is 776. The zero-order valence-corrected chi connectivity index (χ0v) is 18.5. The van der Waals surface area contributed by atoms with E-state index in [0.717, 1.165) is 5.69 Å². The normalized spacial score (nSPS) is 13.2. The van der Waals surface area contributed by atoms with Crippen molar-refractivity contribution in [2.75, 3.05) is 31.3 Å². The number of nitrogens with zero attached hydrogens (tertiary/aromatic N) is 2. The molecule has 1 aromatic carbocycles. The van der Waals surface area contributed by atoms with E-state index in [1.807, 2.05) is 6.07 Å². The Morgan fingerprint density at radius 2 is 1.96 bits per heavy atom. The summed E-state index contributed by atoms with van der Waals surface area (Å²) in [6, 6.07) is 5.23. The molecule has 0 bridgehead atoms. The van der Waals surface area contributed by atoms with Gasteiger partial charge >= 0.3 is 0 Å². The van der Waals surface area contributed by atoms with Crippen molar-refractivity contribution < 1.29 is 19.1 Å². The highest BCUT2D eigenvalue weighted by molar-refractivity contribution is 14.1. The largest absolute Gasteiger partial charge is 0.363 e. The quantitative estimate of drug-likeness (QED) is 0.285. The summed E-state index contributed by atoms with van der Waals surface area (Å²) >= 11 is 13.5. The third-order valence-electron chi connectivity index (χ3n) is 3.64. The number of rotatable bonds is 9. The van der Waals surface area contributed by atoms with E-state index in [9.17, 15) is 14.4 Å². The minimum absolute atomic E-state index is 0.0995. The monoisotopic (exact) mass is 540 g/mol. The number of nitrogens with one attached hydrogen (secondary N) is 2. The van der Waals surface area contributed by atoms with Gasteiger partial charge in [-0.15, -0.1) is 0 Å². The molecule has 28 heavy (non-hydrogen) atoms. The maximum atomic E-state index is 12.0. The van der Waals surface area contributed by atoms with Crippen LogP contribution in [0.1, 0.15) is 19.3 Å². The van der Waals surface area contributed by atoms with Crippen LogP contribution in [0.2, 0.25) is 10.0 Å².